The van der Waals surface area contributed by atoms with E-state index in [4.69, 9.17) is 0 Å². The number of hydrogen-bond donors (Lipinski definition) is 3. The molecule has 8 heteroatoms. The highest BCUT2D eigenvalue weighted by molar-refractivity contribution is 6.02. The first-order valence-corrected chi connectivity index (χ1v) is 10.5. The minimum Gasteiger partial charge on any atom is -0.345 e. The third-order valence-electron chi connectivity index (χ3n) is 5.65. The smallest absolute Gasteiger partial charge is 0.324 e. The summed E-state index contributed by atoms with van der Waals surface area (Å²) in [6.07, 6.45) is 1.64. The van der Waals surface area contributed by atoms with E-state index in [1.54, 1.807) is 30.6 Å². The quantitative estimate of drug-likeness (QED) is 0.401. The second kappa shape index (κ2) is 8.58. The van der Waals surface area contributed by atoms with Crippen LogP contribution in [0, 0.1) is 0 Å². The van der Waals surface area contributed by atoms with E-state index >= 15 is 0 Å². The highest BCUT2D eigenvalue weighted by Crippen LogP contribution is 2.25. The molecule has 5 rings (SSSR count). The van der Waals surface area contributed by atoms with Gasteiger partial charge in [-0.25, -0.2) is 9.78 Å². The van der Waals surface area contributed by atoms with Gasteiger partial charge in [0.15, 0.2) is 0 Å². The maximum absolute atomic E-state index is 13.2. The molecule has 33 heavy (non-hydrogen) atoms. The Morgan fingerprint density at radius 1 is 1.00 bits per heavy atom. The van der Waals surface area contributed by atoms with Crippen molar-refractivity contribution < 1.29 is 14.4 Å². The first-order chi connectivity index (χ1) is 16.1. The van der Waals surface area contributed by atoms with E-state index in [9.17, 15) is 14.4 Å². The zero-order valence-electron chi connectivity index (χ0n) is 17.6. The number of nitrogens with zero attached hydrogens (tertiary/aromatic N) is 2. The zero-order valence-corrected chi connectivity index (χ0v) is 17.6. The van der Waals surface area contributed by atoms with Gasteiger partial charge in [-0.2, -0.15) is 0 Å². The molecule has 1 saturated heterocycles. The number of carbonyl (C=O) groups is 3. The summed E-state index contributed by atoms with van der Waals surface area (Å²) >= 11 is 0. The number of benzene rings is 3. The molecule has 2 heterocycles. The van der Waals surface area contributed by atoms with Crippen LogP contribution < -0.4 is 10.6 Å². The number of imide groups is 1. The Morgan fingerprint density at radius 2 is 1.85 bits per heavy atom. The molecule has 1 aromatic heterocycles. The van der Waals surface area contributed by atoms with Crippen LogP contribution in [0.4, 0.5) is 4.79 Å². The van der Waals surface area contributed by atoms with Gasteiger partial charge in [-0.3, -0.25) is 14.5 Å². The number of aromatic amines is 1. The second-order valence-corrected chi connectivity index (χ2v) is 7.84. The number of aromatic nitrogens is 2. The molecule has 164 valence electrons. The van der Waals surface area contributed by atoms with Crippen LogP contribution in [0.3, 0.4) is 0 Å². The number of urea groups is 1. The highest BCUT2D eigenvalue weighted by atomic mass is 16.2. The molecule has 4 amide bonds. The number of imidazole rings is 1. The summed E-state index contributed by atoms with van der Waals surface area (Å²) in [7, 11) is 0. The number of H-pyrrole nitrogens is 1. The van der Waals surface area contributed by atoms with Crippen LogP contribution in [0.1, 0.15) is 33.1 Å². The highest BCUT2D eigenvalue weighted by Gasteiger charge is 2.28. The van der Waals surface area contributed by atoms with Crippen molar-refractivity contribution in [2.75, 3.05) is 6.54 Å². The van der Waals surface area contributed by atoms with Crippen LogP contribution in [0.5, 0.6) is 0 Å². The fourth-order valence-corrected chi connectivity index (χ4v) is 3.96. The van der Waals surface area contributed by atoms with E-state index < -0.39 is 6.03 Å². The molecular formula is C25H21N5O3. The molecule has 1 aliphatic rings. The van der Waals surface area contributed by atoms with Gasteiger partial charge in [0.2, 0.25) is 5.91 Å². The first-order valence-electron chi connectivity index (χ1n) is 10.5. The lowest BCUT2D eigenvalue weighted by Gasteiger charge is -2.20. The summed E-state index contributed by atoms with van der Waals surface area (Å²) in [6.45, 7) is 0.114. The van der Waals surface area contributed by atoms with E-state index in [-0.39, 0.29) is 30.9 Å². The van der Waals surface area contributed by atoms with Crippen molar-refractivity contribution in [3.05, 3.63) is 101 Å². The zero-order chi connectivity index (χ0) is 22.8. The lowest BCUT2D eigenvalue weighted by Crippen LogP contribution is -2.31. The molecule has 1 aliphatic heterocycles. The van der Waals surface area contributed by atoms with E-state index in [1.165, 1.54) is 0 Å². The summed E-state index contributed by atoms with van der Waals surface area (Å²) in [4.78, 5) is 45.5. The van der Waals surface area contributed by atoms with Gasteiger partial charge in [0, 0.05) is 5.56 Å². The van der Waals surface area contributed by atoms with Crippen LogP contribution in [-0.2, 0) is 11.3 Å². The number of nitrogens with one attached hydrogen (secondary N) is 3. The monoisotopic (exact) mass is 439 g/mol. The summed E-state index contributed by atoms with van der Waals surface area (Å²) in [6, 6.07) is 21.7. The van der Waals surface area contributed by atoms with Crippen molar-refractivity contribution in [3.8, 4) is 0 Å². The molecule has 1 fully saturated rings. The molecular weight excluding hydrogens is 418 g/mol. The fourth-order valence-electron chi connectivity index (χ4n) is 3.96. The maximum Gasteiger partial charge on any atom is 0.324 e. The first kappa shape index (κ1) is 20.4. The Bertz CT molecular complexity index is 1330. The Kier molecular flexibility index (Phi) is 5.32. The summed E-state index contributed by atoms with van der Waals surface area (Å²) in [5.41, 5.74) is 4.75. The van der Waals surface area contributed by atoms with Crippen molar-refractivity contribution >= 4 is 28.9 Å². The Balaban J connectivity index is 1.42. The van der Waals surface area contributed by atoms with Gasteiger partial charge in [-0.15, -0.1) is 0 Å². The van der Waals surface area contributed by atoms with Gasteiger partial charge in [-0.05, 0) is 41.0 Å². The van der Waals surface area contributed by atoms with Crippen LogP contribution in [-0.4, -0.2) is 39.3 Å². The lowest BCUT2D eigenvalue weighted by atomic mass is 9.97. The fraction of sp³-hybridized carbons (Fsp3) is 0.120. The average molecular weight is 439 g/mol. The standard InChI is InChI=1S/C25H21N5O3/c31-22-13-26-25(33)30(22)14-16-5-4-8-19(11-16)24(32)29-23(17-6-2-1-3-7-17)18-9-10-20-21(12-18)28-15-27-20/h1-12,15,23H,13-14H2,(H,26,33)(H,27,28)(H,29,32). The van der Waals surface area contributed by atoms with Crippen molar-refractivity contribution in [2.45, 2.75) is 12.6 Å². The van der Waals surface area contributed by atoms with E-state index in [0.29, 0.717) is 11.1 Å². The van der Waals surface area contributed by atoms with E-state index in [0.717, 1.165) is 27.1 Å². The van der Waals surface area contributed by atoms with Crippen molar-refractivity contribution in [1.82, 2.24) is 25.5 Å². The average Bonchev–Trinajstić information content (AvgIpc) is 3.44. The van der Waals surface area contributed by atoms with Gasteiger partial charge in [-0.1, -0.05) is 48.5 Å². The number of rotatable bonds is 6. The van der Waals surface area contributed by atoms with E-state index in [1.807, 2.05) is 48.5 Å². The van der Waals surface area contributed by atoms with Crippen LogP contribution >= 0.6 is 0 Å². The Labute approximate surface area is 189 Å². The van der Waals surface area contributed by atoms with Crippen molar-refractivity contribution in [3.63, 3.8) is 0 Å². The predicted molar refractivity (Wildman–Crippen MR) is 122 cm³/mol. The molecule has 3 aromatic carbocycles. The SMILES string of the molecule is O=C(NC(c1ccccc1)c1ccc2nc[nH]c2c1)c1cccc(CN2C(=O)CNC2=O)c1. The molecule has 4 aromatic rings. The summed E-state index contributed by atoms with van der Waals surface area (Å²) in [5, 5.41) is 5.63. The molecule has 1 unspecified atom stereocenters. The van der Waals surface area contributed by atoms with Gasteiger partial charge in [0.25, 0.3) is 5.91 Å². The van der Waals surface area contributed by atoms with Crippen LogP contribution in [0.15, 0.2) is 79.1 Å². The normalized spacial score (nSPS) is 14.4. The largest absolute Gasteiger partial charge is 0.345 e. The predicted octanol–water partition coefficient (Wildman–Crippen LogP) is 3.13. The number of amides is 4. The van der Waals surface area contributed by atoms with Gasteiger partial charge in [0.05, 0.1) is 36.5 Å². The summed E-state index contributed by atoms with van der Waals surface area (Å²) < 4.78 is 0. The minimum absolute atomic E-state index is 0.00155. The third kappa shape index (κ3) is 4.18. The molecule has 0 radical (unpaired) electrons. The molecule has 0 bridgehead atoms. The van der Waals surface area contributed by atoms with Crippen LogP contribution in [0.25, 0.3) is 11.0 Å². The van der Waals surface area contributed by atoms with Gasteiger partial charge >= 0.3 is 6.03 Å². The molecule has 0 aliphatic carbocycles. The molecule has 1 atom stereocenters. The third-order valence-corrected chi connectivity index (χ3v) is 5.65. The Hall–Kier alpha value is -4.46. The van der Waals surface area contributed by atoms with Crippen LogP contribution in [0.2, 0.25) is 0 Å². The van der Waals surface area contributed by atoms with Gasteiger partial charge < -0.3 is 15.6 Å². The lowest BCUT2D eigenvalue weighted by molar-refractivity contribution is -0.125. The molecule has 8 nitrogen and oxygen atoms in total. The molecule has 3 N–H and O–H groups in total. The van der Waals surface area contributed by atoms with Crippen molar-refractivity contribution in [1.29, 1.82) is 0 Å². The number of carbonyl (C=O) groups excluding carboxylic acids is 3. The molecule has 0 spiro atoms. The number of hydrogen-bond acceptors (Lipinski definition) is 4. The maximum atomic E-state index is 13.2. The number of fused-ring (bicyclic) bond motifs is 1. The topological polar surface area (TPSA) is 107 Å². The van der Waals surface area contributed by atoms with Crippen molar-refractivity contribution in [2.24, 2.45) is 0 Å². The molecule has 0 saturated carbocycles. The minimum atomic E-state index is -0.423. The second-order valence-electron chi connectivity index (χ2n) is 7.84. The van der Waals surface area contributed by atoms with E-state index in [2.05, 4.69) is 20.6 Å². The Morgan fingerprint density at radius 3 is 2.64 bits per heavy atom. The van der Waals surface area contributed by atoms with Gasteiger partial charge in [0.1, 0.15) is 0 Å². The summed E-state index contributed by atoms with van der Waals surface area (Å²) in [5.74, 6) is -0.541.